The van der Waals surface area contributed by atoms with E-state index in [1.807, 2.05) is 0 Å². The Morgan fingerprint density at radius 3 is 2.47 bits per heavy atom. The first kappa shape index (κ1) is 14.6. The number of alkyl halides is 2. The van der Waals surface area contributed by atoms with Gasteiger partial charge in [-0.2, -0.15) is 0 Å². The first-order valence-corrected chi connectivity index (χ1v) is 5.20. The van der Waals surface area contributed by atoms with Gasteiger partial charge < -0.3 is 9.84 Å². The van der Waals surface area contributed by atoms with Gasteiger partial charge >= 0.3 is 12.1 Å². The van der Waals surface area contributed by atoms with Crippen LogP contribution < -0.4 is 5.32 Å². The molecule has 7 heteroatoms. The third kappa shape index (κ3) is 5.62. The summed E-state index contributed by atoms with van der Waals surface area (Å²) in [5.41, 5.74) is -0.236. The Hall–Kier alpha value is -2.44. The molecule has 102 valence electrons. The maximum Gasteiger partial charge on any atom is 0.412 e. The lowest BCUT2D eigenvalue weighted by Gasteiger charge is -2.07. The van der Waals surface area contributed by atoms with Gasteiger partial charge in [-0.3, -0.25) is 5.32 Å². The van der Waals surface area contributed by atoms with E-state index in [9.17, 15) is 18.4 Å². The average Bonchev–Trinajstić information content (AvgIpc) is 2.36. The van der Waals surface area contributed by atoms with Crippen LogP contribution in [-0.2, 0) is 16.1 Å². The number of allylic oxidation sites excluding steroid dienone is 1. The molecule has 0 bridgehead atoms. The van der Waals surface area contributed by atoms with Gasteiger partial charge in [-0.25, -0.2) is 18.4 Å². The van der Waals surface area contributed by atoms with Gasteiger partial charge in [0.25, 0.3) is 6.43 Å². The molecule has 19 heavy (non-hydrogen) atoms. The molecule has 1 aromatic carbocycles. The van der Waals surface area contributed by atoms with E-state index in [1.54, 1.807) is 35.6 Å². The van der Waals surface area contributed by atoms with Crippen molar-refractivity contribution >= 4 is 12.1 Å². The fraction of sp³-hybridized carbons (Fsp3) is 0.167. The molecule has 2 N–H and O–H groups in total. The summed E-state index contributed by atoms with van der Waals surface area (Å²) >= 11 is 0. The van der Waals surface area contributed by atoms with E-state index in [4.69, 9.17) is 9.84 Å². The number of amides is 1. The molecule has 0 aliphatic carbocycles. The second-order valence-electron chi connectivity index (χ2n) is 3.41. The number of aliphatic carboxylic acids is 1. The number of nitrogens with one attached hydrogen (secondary N) is 1. The number of ether oxygens (including phenoxy) is 1. The Kier molecular flexibility index (Phi) is 5.46. The number of hydrogen-bond donors (Lipinski definition) is 2. The number of carboxylic acid groups (broad SMARTS) is 1. The molecule has 1 amide bonds. The van der Waals surface area contributed by atoms with Crippen molar-refractivity contribution in [1.82, 2.24) is 5.32 Å². The molecule has 1 rings (SSSR count). The predicted octanol–water partition coefficient (Wildman–Crippen LogP) is 2.15. The molecule has 0 saturated heterocycles. The molecule has 0 aliphatic rings. The summed E-state index contributed by atoms with van der Waals surface area (Å²) in [4.78, 5) is 21.8. The molecule has 0 unspecified atom stereocenters. The Bertz CT molecular complexity index is 474. The summed E-state index contributed by atoms with van der Waals surface area (Å²) in [6.07, 6.45) is -3.98. The maximum atomic E-state index is 12.0. The zero-order valence-electron chi connectivity index (χ0n) is 9.68. The third-order valence-electron chi connectivity index (χ3n) is 1.97. The van der Waals surface area contributed by atoms with Crippen LogP contribution >= 0.6 is 0 Å². The number of halogens is 2. The van der Waals surface area contributed by atoms with Crippen LogP contribution in [-0.4, -0.2) is 23.6 Å². The van der Waals surface area contributed by atoms with E-state index >= 15 is 0 Å². The lowest BCUT2D eigenvalue weighted by Crippen LogP contribution is -2.28. The molecule has 1 aromatic rings. The SMILES string of the molecule is O=C(N/C(=C\C(F)F)C(=O)O)OCc1ccccc1. The van der Waals surface area contributed by atoms with Crippen molar-refractivity contribution in [1.29, 1.82) is 0 Å². The molecule has 0 aliphatic heterocycles. The molecule has 0 aromatic heterocycles. The summed E-state index contributed by atoms with van der Waals surface area (Å²) in [5.74, 6) is -1.67. The minimum absolute atomic E-state index is 0.0890. The fourth-order valence-corrected chi connectivity index (χ4v) is 1.16. The molecule has 0 saturated carbocycles. The second kappa shape index (κ2) is 7.10. The molecular formula is C12H11F2NO4. The number of benzene rings is 1. The molecule has 0 atom stereocenters. The Balaban J connectivity index is 2.52. The fourth-order valence-electron chi connectivity index (χ4n) is 1.16. The van der Waals surface area contributed by atoms with Crippen LogP contribution in [0.3, 0.4) is 0 Å². The van der Waals surface area contributed by atoms with Crippen molar-refractivity contribution in [2.45, 2.75) is 13.0 Å². The van der Waals surface area contributed by atoms with Crippen LogP contribution in [0.2, 0.25) is 0 Å². The monoisotopic (exact) mass is 271 g/mol. The summed E-state index contributed by atoms with van der Waals surface area (Å²) in [6, 6.07) is 8.63. The van der Waals surface area contributed by atoms with E-state index in [0.717, 1.165) is 0 Å². The quantitative estimate of drug-likeness (QED) is 0.804. The normalized spacial score (nSPS) is 11.2. The first-order valence-electron chi connectivity index (χ1n) is 5.20. The smallest absolute Gasteiger partial charge is 0.412 e. The molecule has 0 heterocycles. The second-order valence-corrected chi connectivity index (χ2v) is 3.41. The number of carboxylic acids is 1. The predicted molar refractivity (Wildman–Crippen MR) is 61.5 cm³/mol. The summed E-state index contributed by atoms with van der Waals surface area (Å²) in [7, 11) is 0. The molecule has 0 spiro atoms. The first-order chi connectivity index (χ1) is 8.99. The number of carbonyl (C=O) groups excluding carboxylic acids is 1. The molecular weight excluding hydrogens is 260 g/mol. The Morgan fingerprint density at radius 1 is 1.32 bits per heavy atom. The average molecular weight is 271 g/mol. The van der Waals surface area contributed by atoms with Gasteiger partial charge in [0.2, 0.25) is 0 Å². The van der Waals surface area contributed by atoms with Gasteiger partial charge in [-0.05, 0) is 5.56 Å². The van der Waals surface area contributed by atoms with Gasteiger partial charge in [-0.15, -0.1) is 0 Å². The standard InChI is InChI=1S/C12H11F2NO4/c13-10(14)6-9(11(16)17)15-12(18)19-7-8-4-2-1-3-5-8/h1-6,10H,7H2,(H,15,18)(H,16,17)/b9-6-. The van der Waals surface area contributed by atoms with Crippen LogP contribution in [0.5, 0.6) is 0 Å². The molecule has 0 fully saturated rings. The van der Waals surface area contributed by atoms with E-state index < -0.39 is 24.2 Å². The van der Waals surface area contributed by atoms with Crippen molar-refractivity contribution in [2.24, 2.45) is 0 Å². The van der Waals surface area contributed by atoms with Crippen molar-refractivity contribution in [3.05, 3.63) is 47.7 Å². The number of alkyl carbamates (subject to hydrolysis) is 1. The van der Waals surface area contributed by atoms with Gasteiger partial charge in [0.1, 0.15) is 12.3 Å². The number of hydrogen-bond acceptors (Lipinski definition) is 3. The van der Waals surface area contributed by atoms with E-state index in [0.29, 0.717) is 5.56 Å². The lowest BCUT2D eigenvalue weighted by molar-refractivity contribution is -0.133. The van der Waals surface area contributed by atoms with Gasteiger partial charge in [-0.1, -0.05) is 30.3 Å². The minimum Gasteiger partial charge on any atom is -0.477 e. The van der Waals surface area contributed by atoms with Crippen LogP contribution in [0.15, 0.2) is 42.1 Å². The summed E-state index contributed by atoms with van der Waals surface area (Å²) in [5, 5.41) is 10.3. The van der Waals surface area contributed by atoms with Gasteiger partial charge in [0.05, 0.1) is 0 Å². The van der Waals surface area contributed by atoms with Crippen molar-refractivity contribution in [3.8, 4) is 0 Å². The molecule has 0 radical (unpaired) electrons. The minimum atomic E-state index is -2.99. The highest BCUT2D eigenvalue weighted by atomic mass is 19.3. The van der Waals surface area contributed by atoms with Crippen LogP contribution in [0.25, 0.3) is 0 Å². The zero-order chi connectivity index (χ0) is 14.3. The third-order valence-corrected chi connectivity index (χ3v) is 1.97. The zero-order valence-corrected chi connectivity index (χ0v) is 9.68. The van der Waals surface area contributed by atoms with Crippen LogP contribution in [0, 0.1) is 0 Å². The van der Waals surface area contributed by atoms with Crippen molar-refractivity contribution in [3.63, 3.8) is 0 Å². The maximum absolute atomic E-state index is 12.0. The highest BCUT2D eigenvalue weighted by Crippen LogP contribution is 2.03. The van der Waals surface area contributed by atoms with E-state index in [1.165, 1.54) is 0 Å². The van der Waals surface area contributed by atoms with E-state index in [-0.39, 0.29) is 12.7 Å². The number of carbonyl (C=O) groups is 2. The summed E-state index contributed by atoms with van der Waals surface area (Å²) < 4.78 is 28.7. The van der Waals surface area contributed by atoms with Crippen LogP contribution in [0.4, 0.5) is 13.6 Å². The highest BCUT2D eigenvalue weighted by molar-refractivity contribution is 5.90. The highest BCUT2D eigenvalue weighted by Gasteiger charge is 2.14. The van der Waals surface area contributed by atoms with E-state index in [2.05, 4.69) is 0 Å². The lowest BCUT2D eigenvalue weighted by atomic mass is 10.2. The summed E-state index contributed by atoms with van der Waals surface area (Å²) in [6.45, 7) is -0.0890. The van der Waals surface area contributed by atoms with Crippen molar-refractivity contribution in [2.75, 3.05) is 0 Å². The van der Waals surface area contributed by atoms with Gasteiger partial charge in [0, 0.05) is 6.08 Å². The Morgan fingerprint density at radius 2 is 1.95 bits per heavy atom. The van der Waals surface area contributed by atoms with Crippen molar-refractivity contribution < 1.29 is 28.2 Å². The Labute approximate surface area is 107 Å². The largest absolute Gasteiger partial charge is 0.477 e. The van der Waals surface area contributed by atoms with Crippen LogP contribution in [0.1, 0.15) is 5.56 Å². The number of rotatable bonds is 5. The van der Waals surface area contributed by atoms with Gasteiger partial charge in [0.15, 0.2) is 0 Å². The molecule has 5 nitrogen and oxygen atoms in total. The topological polar surface area (TPSA) is 75.6 Å².